The van der Waals surface area contributed by atoms with Gasteiger partial charge < -0.3 is 4.74 Å². The predicted octanol–water partition coefficient (Wildman–Crippen LogP) is 6.63. The number of nitrogens with zero attached hydrogens (tertiary/aromatic N) is 1. The number of para-hydroxylation sites is 1. The first-order chi connectivity index (χ1) is 14.8. The van der Waals surface area contributed by atoms with Crippen molar-refractivity contribution < 1.29 is 9.53 Å². The van der Waals surface area contributed by atoms with Crippen molar-refractivity contribution in [2.45, 2.75) is 96.8 Å². The van der Waals surface area contributed by atoms with Crippen molar-refractivity contribution in [1.82, 2.24) is 5.43 Å². The Bertz CT molecular complexity index is 634. The smallest absolute Gasteiger partial charge is 0.240 e. The first-order valence-corrected chi connectivity index (χ1v) is 11.7. The maximum atomic E-state index is 11.9. The Hall–Kier alpha value is -2.28. The summed E-state index contributed by atoms with van der Waals surface area (Å²) < 4.78 is 5.46. The van der Waals surface area contributed by atoms with E-state index in [-0.39, 0.29) is 12.5 Å². The lowest BCUT2D eigenvalue weighted by Gasteiger charge is -2.05. The average molecular weight is 413 g/mol. The number of hydrogen-bond acceptors (Lipinski definition) is 3. The monoisotopic (exact) mass is 412 g/mol. The third-order valence-electron chi connectivity index (χ3n) is 5.13. The fourth-order valence-electron chi connectivity index (χ4n) is 3.37. The number of hydrogen-bond donors (Lipinski definition) is 1. The number of rotatable bonds is 18. The molecule has 0 saturated heterocycles. The van der Waals surface area contributed by atoms with Gasteiger partial charge in [0.15, 0.2) is 0 Å². The first kappa shape index (κ1) is 25.8. The number of hydrazone groups is 1. The van der Waals surface area contributed by atoms with E-state index in [0.29, 0.717) is 12.2 Å². The lowest BCUT2D eigenvalue weighted by molar-refractivity contribution is -0.121. The Morgan fingerprint density at radius 1 is 0.967 bits per heavy atom. The van der Waals surface area contributed by atoms with Gasteiger partial charge in [0.1, 0.15) is 12.4 Å². The van der Waals surface area contributed by atoms with Crippen LogP contribution in [0.4, 0.5) is 0 Å². The zero-order valence-corrected chi connectivity index (χ0v) is 18.8. The molecular weight excluding hydrogens is 372 g/mol. The Morgan fingerprint density at radius 2 is 1.53 bits per heavy atom. The molecule has 0 aromatic heterocycles. The molecule has 1 rings (SSSR count). The second-order valence-corrected chi connectivity index (χ2v) is 7.82. The highest BCUT2D eigenvalue weighted by Gasteiger charge is 2.02. The molecule has 0 fully saturated rings. The molecule has 0 unspecified atom stereocenters. The van der Waals surface area contributed by atoms with Gasteiger partial charge in [-0.15, -0.1) is 6.42 Å². The van der Waals surface area contributed by atoms with Gasteiger partial charge in [-0.05, 0) is 18.6 Å². The number of ether oxygens (including phenoxy) is 1. The van der Waals surface area contributed by atoms with Crippen LogP contribution in [-0.2, 0) is 4.79 Å². The Kier molecular flexibility index (Phi) is 16.1. The fraction of sp³-hybridized carbons (Fsp3) is 0.615. The van der Waals surface area contributed by atoms with E-state index >= 15 is 0 Å². The van der Waals surface area contributed by atoms with Crippen LogP contribution in [0.3, 0.4) is 0 Å². The minimum atomic E-state index is -0.0450. The van der Waals surface area contributed by atoms with Crippen LogP contribution >= 0.6 is 0 Å². The van der Waals surface area contributed by atoms with Gasteiger partial charge in [-0.3, -0.25) is 4.79 Å². The molecule has 166 valence electrons. The quantitative estimate of drug-likeness (QED) is 0.127. The van der Waals surface area contributed by atoms with E-state index < -0.39 is 0 Å². The van der Waals surface area contributed by atoms with Crippen molar-refractivity contribution in [3.05, 3.63) is 29.8 Å². The fourth-order valence-corrected chi connectivity index (χ4v) is 3.37. The number of carbonyl (C=O) groups is 1. The van der Waals surface area contributed by atoms with Crippen LogP contribution in [0, 0.1) is 12.3 Å². The molecule has 4 nitrogen and oxygen atoms in total. The Labute approximate surface area is 183 Å². The van der Waals surface area contributed by atoms with Crippen LogP contribution in [0.25, 0.3) is 0 Å². The third kappa shape index (κ3) is 13.8. The molecule has 1 N–H and O–H groups in total. The Balaban J connectivity index is 2.00. The molecule has 0 aliphatic rings. The van der Waals surface area contributed by atoms with Crippen molar-refractivity contribution in [3.8, 4) is 18.1 Å². The zero-order chi connectivity index (χ0) is 21.7. The lowest BCUT2D eigenvalue weighted by Crippen LogP contribution is -2.17. The van der Waals surface area contributed by atoms with Crippen LogP contribution in [0.15, 0.2) is 29.4 Å². The van der Waals surface area contributed by atoms with Crippen LogP contribution in [0.1, 0.15) is 102 Å². The molecule has 1 aromatic rings. The van der Waals surface area contributed by atoms with Crippen LogP contribution < -0.4 is 10.2 Å². The highest BCUT2D eigenvalue weighted by Crippen LogP contribution is 2.15. The molecule has 4 heteroatoms. The minimum Gasteiger partial charge on any atom is -0.480 e. The van der Waals surface area contributed by atoms with Gasteiger partial charge in [-0.2, -0.15) is 5.10 Å². The summed E-state index contributed by atoms with van der Waals surface area (Å²) in [5.74, 6) is 3.05. The van der Waals surface area contributed by atoms with Crippen molar-refractivity contribution in [3.63, 3.8) is 0 Å². The van der Waals surface area contributed by atoms with Crippen LogP contribution in [-0.4, -0.2) is 18.7 Å². The number of unbranched alkanes of at least 4 members (excludes halogenated alkanes) is 12. The Morgan fingerprint density at radius 3 is 2.13 bits per heavy atom. The van der Waals surface area contributed by atoms with Gasteiger partial charge in [-0.25, -0.2) is 5.43 Å². The summed E-state index contributed by atoms with van der Waals surface area (Å²) in [7, 11) is 0. The number of terminal acetylenes is 1. The van der Waals surface area contributed by atoms with Gasteiger partial charge >= 0.3 is 0 Å². The van der Waals surface area contributed by atoms with Crippen molar-refractivity contribution in [2.24, 2.45) is 5.10 Å². The first-order valence-electron chi connectivity index (χ1n) is 11.7. The number of amides is 1. The van der Waals surface area contributed by atoms with E-state index in [1.54, 1.807) is 6.21 Å². The summed E-state index contributed by atoms with van der Waals surface area (Å²) in [4.78, 5) is 11.9. The van der Waals surface area contributed by atoms with Crippen LogP contribution in [0.2, 0.25) is 0 Å². The van der Waals surface area contributed by atoms with E-state index in [2.05, 4.69) is 23.4 Å². The van der Waals surface area contributed by atoms with E-state index in [9.17, 15) is 4.79 Å². The van der Waals surface area contributed by atoms with Gasteiger partial charge in [-0.1, -0.05) is 102 Å². The molecule has 0 heterocycles. The molecule has 1 amide bonds. The highest BCUT2D eigenvalue weighted by molar-refractivity contribution is 5.85. The van der Waals surface area contributed by atoms with E-state index in [1.807, 2.05) is 24.3 Å². The van der Waals surface area contributed by atoms with Crippen molar-refractivity contribution in [2.75, 3.05) is 6.61 Å². The van der Waals surface area contributed by atoms with E-state index in [4.69, 9.17) is 11.2 Å². The number of nitrogens with one attached hydrogen (secondary N) is 1. The number of carbonyl (C=O) groups excluding carboxylic acids is 1. The summed E-state index contributed by atoms with van der Waals surface area (Å²) in [6.07, 6.45) is 24.2. The summed E-state index contributed by atoms with van der Waals surface area (Å²) in [6.45, 7) is 2.47. The topological polar surface area (TPSA) is 50.7 Å². The molecule has 0 spiro atoms. The maximum absolute atomic E-state index is 11.9. The van der Waals surface area contributed by atoms with Gasteiger partial charge in [0, 0.05) is 12.0 Å². The summed E-state index contributed by atoms with van der Waals surface area (Å²) in [5, 5.41) is 4.03. The third-order valence-corrected chi connectivity index (χ3v) is 5.13. The molecule has 30 heavy (non-hydrogen) atoms. The summed E-state index contributed by atoms with van der Waals surface area (Å²) in [5.41, 5.74) is 3.38. The molecule has 0 aliphatic heterocycles. The largest absolute Gasteiger partial charge is 0.480 e. The van der Waals surface area contributed by atoms with Gasteiger partial charge in [0.25, 0.3) is 0 Å². The second kappa shape index (κ2) is 18.7. The van der Waals surface area contributed by atoms with Crippen LogP contribution in [0.5, 0.6) is 5.75 Å². The van der Waals surface area contributed by atoms with Crippen molar-refractivity contribution in [1.29, 1.82) is 0 Å². The second-order valence-electron chi connectivity index (χ2n) is 7.82. The average Bonchev–Trinajstić information content (AvgIpc) is 2.76. The van der Waals surface area contributed by atoms with Crippen molar-refractivity contribution >= 4 is 12.1 Å². The molecule has 0 radical (unpaired) electrons. The predicted molar refractivity (Wildman–Crippen MR) is 127 cm³/mol. The summed E-state index contributed by atoms with van der Waals surface area (Å²) in [6, 6.07) is 7.46. The molecule has 1 aromatic carbocycles. The molecular formula is C26H40N2O2. The zero-order valence-electron chi connectivity index (χ0n) is 18.8. The van der Waals surface area contributed by atoms with Gasteiger partial charge in [0.05, 0.1) is 6.21 Å². The lowest BCUT2D eigenvalue weighted by atomic mass is 10.0. The normalized spacial score (nSPS) is 10.8. The molecule has 0 saturated carbocycles. The highest BCUT2D eigenvalue weighted by atomic mass is 16.5. The van der Waals surface area contributed by atoms with E-state index in [0.717, 1.165) is 18.4 Å². The van der Waals surface area contributed by atoms with Gasteiger partial charge in [0.2, 0.25) is 5.91 Å². The SMILES string of the molecule is C#CCOc1ccccc1/C=N\NC(=O)CCCCCCCCCCCCCCC. The molecule has 0 bridgehead atoms. The number of benzene rings is 1. The maximum Gasteiger partial charge on any atom is 0.240 e. The standard InChI is InChI=1S/C26H40N2O2/c1-3-5-6-7-8-9-10-11-12-13-14-15-16-21-26(29)28-27-23-24-19-17-18-20-25(24)30-22-4-2/h2,17-20,23H,3,5-16,21-22H2,1H3,(H,28,29)/b27-23-. The van der Waals surface area contributed by atoms with E-state index in [1.165, 1.54) is 70.6 Å². The molecule has 0 atom stereocenters. The minimum absolute atomic E-state index is 0.0450. The summed E-state index contributed by atoms with van der Waals surface area (Å²) >= 11 is 0. The molecule has 0 aliphatic carbocycles.